The highest BCUT2D eigenvalue weighted by molar-refractivity contribution is 7.09. The van der Waals surface area contributed by atoms with Gasteiger partial charge in [-0.2, -0.15) is 0 Å². The van der Waals surface area contributed by atoms with Gasteiger partial charge in [0, 0.05) is 11.3 Å². The van der Waals surface area contributed by atoms with Crippen molar-refractivity contribution >= 4 is 22.9 Å². The van der Waals surface area contributed by atoms with Crippen molar-refractivity contribution in [2.45, 2.75) is 25.1 Å². The summed E-state index contributed by atoms with van der Waals surface area (Å²) >= 11 is 7.40. The molecular formula is C8H10ClNS. The number of nitrogens with zero attached hydrogens (tertiary/aromatic N) is 1. The van der Waals surface area contributed by atoms with Gasteiger partial charge < -0.3 is 0 Å². The molecule has 60 valence electrons. The van der Waals surface area contributed by atoms with E-state index in [1.54, 1.807) is 11.3 Å². The van der Waals surface area contributed by atoms with Gasteiger partial charge in [0.25, 0.3) is 0 Å². The van der Waals surface area contributed by atoms with Gasteiger partial charge in [0.15, 0.2) is 0 Å². The Morgan fingerprint density at radius 2 is 2.55 bits per heavy atom. The van der Waals surface area contributed by atoms with Gasteiger partial charge in [-0.1, -0.05) is 6.92 Å². The van der Waals surface area contributed by atoms with Crippen LogP contribution in [-0.2, 0) is 5.88 Å². The van der Waals surface area contributed by atoms with Gasteiger partial charge in [-0.05, 0) is 12.3 Å². The van der Waals surface area contributed by atoms with Crippen LogP contribution >= 0.6 is 22.9 Å². The van der Waals surface area contributed by atoms with Gasteiger partial charge in [0.05, 0.1) is 16.6 Å². The van der Waals surface area contributed by atoms with E-state index in [-0.39, 0.29) is 0 Å². The molecule has 1 nitrogen and oxygen atoms in total. The molecule has 1 aliphatic rings. The number of aromatic nitrogens is 1. The molecule has 1 saturated carbocycles. The molecule has 0 amide bonds. The predicted octanol–water partition coefficient (Wildman–Crippen LogP) is 3.01. The average Bonchev–Trinajstić information content (AvgIpc) is 2.59. The van der Waals surface area contributed by atoms with E-state index in [1.807, 2.05) is 0 Å². The molecule has 0 aromatic carbocycles. The minimum Gasteiger partial charge on any atom is -0.245 e. The largest absolute Gasteiger partial charge is 0.245 e. The van der Waals surface area contributed by atoms with E-state index < -0.39 is 0 Å². The van der Waals surface area contributed by atoms with E-state index in [0.29, 0.717) is 5.88 Å². The van der Waals surface area contributed by atoms with Gasteiger partial charge in [-0.25, -0.2) is 4.98 Å². The number of halogens is 1. The summed E-state index contributed by atoms with van der Waals surface area (Å²) in [5.41, 5.74) is 1.03. The van der Waals surface area contributed by atoms with Crippen molar-refractivity contribution in [3.8, 4) is 0 Å². The fourth-order valence-corrected chi connectivity index (χ4v) is 2.52. The van der Waals surface area contributed by atoms with E-state index in [2.05, 4.69) is 17.3 Å². The first-order chi connectivity index (χ1) is 5.31. The summed E-state index contributed by atoms with van der Waals surface area (Å²) in [6, 6.07) is 0. The SMILES string of the molecule is CC1CC1c1nc(CCl)cs1. The molecule has 2 rings (SSSR count). The second-order valence-electron chi connectivity index (χ2n) is 3.13. The number of alkyl halides is 1. The van der Waals surface area contributed by atoms with Crippen LogP contribution in [0.25, 0.3) is 0 Å². The van der Waals surface area contributed by atoms with Crippen molar-refractivity contribution in [2.75, 3.05) is 0 Å². The topological polar surface area (TPSA) is 12.9 Å². The van der Waals surface area contributed by atoms with Crippen LogP contribution in [0.15, 0.2) is 5.38 Å². The van der Waals surface area contributed by atoms with Crippen LogP contribution in [0, 0.1) is 5.92 Å². The maximum absolute atomic E-state index is 5.65. The third-order valence-electron chi connectivity index (χ3n) is 2.13. The number of thiazole rings is 1. The summed E-state index contributed by atoms with van der Waals surface area (Å²) in [5.74, 6) is 2.15. The third kappa shape index (κ3) is 1.42. The summed E-state index contributed by atoms with van der Waals surface area (Å²) in [6.45, 7) is 2.27. The second-order valence-corrected chi connectivity index (χ2v) is 4.29. The Hall–Kier alpha value is -0.0800. The molecule has 0 saturated heterocycles. The minimum absolute atomic E-state index is 0.553. The van der Waals surface area contributed by atoms with Crippen molar-refractivity contribution in [2.24, 2.45) is 5.92 Å². The molecule has 1 aromatic rings. The summed E-state index contributed by atoms with van der Waals surface area (Å²) in [5, 5.41) is 3.35. The van der Waals surface area contributed by atoms with Gasteiger partial charge in [-0.3, -0.25) is 0 Å². The highest BCUT2D eigenvalue weighted by Gasteiger charge is 2.36. The molecule has 1 fully saturated rings. The van der Waals surface area contributed by atoms with Crippen LogP contribution in [0.1, 0.15) is 30.0 Å². The fraction of sp³-hybridized carbons (Fsp3) is 0.625. The highest BCUT2D eigenvalue weighted by Crippen LogP contribution is 2.47. The van der Waals surface area contributed by atoms with Crippen LogP contribution < -0.4 is 0 Å². The quantitative estimate of drug-likeness (QED) is 0.649. The van der Waals surface area contributed by atoms with Crippen LogP contribution in [0.4, 0.5) is 0 Å². The molecule has 3 heteroatoms. The standard InChI is InChI=1S/C8H10ClNS/c1-5-2-7(5)8-10-6(3-9)4-11-8/h4-5,7H,2-3H2,1H3. The number of hydrogen-bond acceptors (Lipinski definition) is 2. The normalized spacial score (nSPS) is 28.9. The fourth-order valence-electron chi connectivity index (χ4n) is 1.22. The van der Waals surface area contributed by atoms with Crippen LogP contribution in [0.5, 0.6) is 0 Å². The minimum atomic E-state index is 0.553. The smallest absolute Gasteiger partial charge is 0.0962 e. The monoisotopic (exact) mass is 187 g/mol. The number of hydrogen-bond donors (Lipinski definition) is 0. The van der Waals surface area contributed by atoms with E-state index >= 15 is 0 Å². The Labute approximate surface area is 75.4 Å². The lowest BCUT2D eigenvalue weighted by molar-refractivity contribution is 0.900. The predicted molar refractivity (Wildman–Crippen MR) is 48.2 cm³/mol. The molecule has 0 bridgehead atoms. The van der Waals surface area contributed by atoms with Gasteiger partial charge >= 0.3 is 0 Å². The van der Waals surface area contributed by atoms with Crippen molar-refractivity contribution in [3.63, 3.8) is 0 Å². The Kier molecular flexibility index (Phi) is 1.90. The Balaban J connectivity index is 2.13. The number of rotatable bonds is 2. The molecular weight excluding hydrogens is 178 g/mol. The van der Waals surface area contributed by atoms with Crippen molar-refractivity contribution in [1.29, 1.82) is 0 Å². The second kappa shape index (κ2) is 2.76. The zero-order chi connectivity index (χ0) is 7.84. The van der Waals surface area contributed by atoms with Crippen molar-refractivity contribution in [3.05, 3.63) is 16.1 Å². The van der Waals surface area contributed by atoms with Gasteiger partial charge in [0.2, 0.25) is 0 Å². The van der Waals surface area contributed by atoms with E-state index in [9.17, 15) is 0 Å². The van der Waals surface area contributed by atoms with Crippen molar-refractivity contribution < 1.29 is 0 Å². The third-order valence-corrected chi connectivity index (χ3v) is 3.43. The van der Waals surface area contributed by atoms with Gasteiger partial charge in [-0.15, -0.1) is 22.9 Å². The summed E-state index contributed by atoms with van der Waals surface area (Å²) in [4.78, 5) is 4.43. The summed E-state index contributed by atoms with van der Waals surface area (Å²) in [7, 11) is 0. The lowest BCUT2D eigenvalue weighted by Gasteiger charge is -1.87. The average molecular weight is 188 g/mol. The van der Waals surface area contributed by atoms with Crippen LogP contribution in [-0.4, -0.2) is 4.98 Å². The summed E-state index contributed by atoms with van der Waals surface area (Å²) in [6.07, 6.45) is 1.31. The molecule has 1 aliphatic carbocycles. The molecule has 1 aromatic heterocycles. The Bertz CT molecular complexity index is 258. The van der Waals surface area contributed by atoms with Crippen LogP contribution in [0.3, 0.4) is 0 Å². The maximum Gasteiger partial charge on any atom is 0.0962 e. The van der Waals surface area contributed by atoms with Crippen molar-refractivity contribution in [1.82, 2.24) is 4.98 Å². The molecule has 1 heterocycles. The van der Waals surface area contributed by atoms with E-state index in [4.69, 9.17) is 11.6 Å². The lowest BCUT2D eigenvalue weighted by Crippen LogP contribution is -1.81. The first-order valence-corrected chi connectivity index (χ1v) is 5.23. The molecule has 0 N–H and O–H groups in total. The maximum atomic E-state index is 5.65. The highest BCUT2D eigenvalue weighted by atomic mass is 35.5. The first kappa shape index (κ1) is 7.56. The molecule has 11 heavy (non-hydrogen) atoms. The molecule has 0 radical (unpaired) electrons. The molecule has 2 atom stereocenters. The lowest BCUT2D eigenvalue weighted by atomic mass is 10.3. The van der Waals surface area contributed by atoms with Gasteiger partial charge in [0.1, 0.15) is 0 Å². The summed E-state index contributed by atoms with van der Waals surface area (Å²) < 4.78 is 0. The molecule has 0 spiro atoms. The first-order valence-electron chi connectivity index (χ1n) is 3.81. The molecule has 2 unspecified atom stereocenters. The van der Waals surface area contributed by atoms with Crippen LogP contribution in [0.2, 0.25) is 0 Å². The molecule has 0 aliphatic heterocycles. The van der Waals surface area contributed by atoms with E-state index in [0.717, 1.165) is 17.5 Å². The van der Waals surface area contributed by atoms with E-state index in [1.165, 1.54) is 11.4 Å². The Morgan fingerprint density at radius 1 is 1.82 bits per heavy atom. The zero-order valence-corrected chi connectivity index (χ0v) is 7.95. The zero-order valence-electron chi connectivity index (χ0n) is 6.38. The Morgan fingerprint density at radius 3 is 3.00 bits per heavy atom.